The molecule has 1 aliphatic heterocycles. The van der Waals surface area contributed by atoms with Gasteiger partial charge in [-0.3, -0.25) is 0 Å². The molecule has 0 radical (unpaired) electrons. The van der Waals surface area contributed by atoms with Crippen molar-refractivity contribution in [3.8, 4) is 5.75 Å². The quantitative estimate of drug-likeness (QED) is 0.887. The van der Waals surface area contributed by atoms with Crippen molar-refractivity contribution in [1.82, 2.24) is 5.32 Å². The molecule has 0 aliphatic carbocycles. The summed E-state index contributed by atoms with van der Waals surface area (Å²) in [6.45, 7) is 3.71. The fourth-order valence-corrected chi connectivity index (χ4v) is 3.09. The van der Waals surface area contributed by atoms with E-state index < -0.39 is 0 Å². The normalized spacial score (nSPS) is 14.0. The standard InChI is InChI=1S/C19H23N3O2/c1-14(22-12-11-15-7-3-5-9-17(15)22)13-20-19(23)21-16-8-4-6-10-18(16)24-2/h3-10,14H,11-13H2,1-2H3,(H2,20,21,23)/t14-/m1/s1. The van der Waals surface area contributed by atoms with Gasteiger partial charge in [-0.25, -0.2) is 4.79 Å². The lowest BCUT2D eigenvalue weighted by molar-refractivity contribution is 0.251. The summed E-state index contributed by atoms with van der Waals surface area (Å²) in [6, 6.07) is 15.8. The number of hydrogen-bond donors (Lipinski definition) is 2. The van der Waals surface area contributed by atoms with Gasteiger partial charge in [0.1, 0.15) is 5.75 Å². The number of para-hydroxylation sites is 3. The molecule has 1 atom stereocenters. The lowest BCUT2D eigenvalue weighted by Crippen LogP contribution is -2.42. The number of anilines is 2. The highest BCUT2D eigenvalue weighted by atomic mass is 16.5. The Kier molecular flexibility index (Phi) is 4.89. The molecule has 3 rings (SSSR count). The Bertz CT molecular complexity index is 717. The van der Waals surface area contributed by atoms with Crippen LogP contribution in [0.25, 0.3) is 0 Å². The van der Waals surface area contributed by atoms with Gasteiger partial charge in [0.2, 0.25) is 0 Å². The van der Waals surface area contributed by atoms with Gasteiger partial charge in [-0.2, -0.15) is 0 Å². The molecule has 2 amide bonds. The molecule has 0 aromatic heterocycles. The molecule has 5 nitrogen and oxygen atoms in total. The molecule has 1 heterocycles. The third-order valence-electron chi connectivity index (χ3n) is 4.37. The highest BCUT2D eigenvalue weighted by Crippen LogP contribution is 2.29. The maximum atomic E-state index is 12.1. The monoisotopic (exact) mass is 325 g/mol. The van der Waals surface area contributed by atoms with Crippen LogP contribution in [0.1, 0.15) is 12.5 Å². The molecule has 24 heavy (non-hydrogen) atoms. The van der Waals surface area contributed by atoms with E-state index in [9.17, 15) is 4.79 Å². The van der Waals surface area contributed by atoms with Crippen molar-refractivity contribution in [1.29, 1.82) is 0 Å². The Balaban J connectivity index is 1.55. The third kappa shape index (κ3) is 3.45. The number of amides is 2. The second-order valence-corrected chi connectivity index (χ2v) is 5.96. The number of carbonyl (C=O) groups excluding carboxylic acids is 1. The molecule has 2 N–H and O–H groups in total. The number of nitrogens with zero attached hydrogens (tertiary/aromatic N) is 1. The van der Waals surface area contributed by atoms with Crippen molar-refractivity contribution in [3.05, 3.63) is 54.1 Å². The van der Waals surface area contributed by atoms with Crippen LogP contribution < -0.4 is 20.3 Å². The van der Waals surface area contributed by atoms with Crippen LogP contribution in [0.5, 0.6) is 5.75 Å². The van der Waals surface area contributed by atoms with Crippen molar-refractivity contribution in [3.63, 3.8) is 0 Å². The van der Waals surface area contributed by atoms with E-state index in [-0.39, 0.29) is 12.1 Å². The van der Waals surface area contributed by atoms with E-state index in [2.05, 4.69) is 46.7 Å². The first-order valence-corrected chi connectivity index (χ1v) is 8.21. The Hall–Kier alpha value is -2.69. The third-order valence-corrected chi connectivity index (χ3v) is 4.37. The van der Waals surface area contributed by atoms with E-state index in [1.165, 1.54) is 11.3 Å². The number of carbonyl (C=O) groups is 1. The lowest BCUT2D eigenvalue weighted by Gasteiger charge is -2.27. The van der Waals surface area contributed by atoms with Crippen molar-refractivity contribution in [2.75, 3.05) is 30.4 Å². The Morgan fingerprint density at radius 3 is 2.79 bits per heavy atom. The minimum Gasteiger partial charge on any atom is -0.495 e. The molecule has 0 fully saturated rings. The van der Waals surface area contributed by atoms with Crippen LogP contribution in [0.15, 0.2) is 48.5 Å². The number of methoxy groups -OCH3 is 1. The minimum atomic E-state index is -0.223. The number of hydrogen-bond acceptors (Lipinski definition) is 3. The van der Waals surface area contributed by atoms with Crippen molar-refractivity contribution < 1.29 is 9.53 Å². The van der Waals surface area contributed by atoms with Gasteiger partial charge in [-0.15, -0.1) is 0 Å². The first kappa shape index (κ1) is 16.2. The molecular formula is C19H23N3O2. The van der Waals surface area contributed by atoms with Crippen LogP contribution in [0, 0.1) is 0 Å². The number of fused-ring (bicyclic) bond motifs is 1. The summed E-state index contributed by atoms with van der Waals surface area (Å²) in [5.41, 5.74) is 3.32. The van der Waals surface area contributed by atoms with E-state index in [4.69, 9.17) is 4.74 Å². The number of urea groups is 1. The summed E-state index contributed by atoms with van der Waals surface area (Å²) in [5.74, 6) is 0.647. The molecule has 0 spiro atoms. The molecule has 126 valence electrons. The molecule has 2 aromatic rings. The Morgan fingerprint density at radius 2 is 1.96 bits per heavy atom. The largest absolute Gasteiger partial charge is 0.495 e. The topological polar surface area (TPSA) is 53.6 Å². The fourth-order valence-electron chi connectivity index (χ4n) is 3.09. The van der Waals surface area contributed by atoms with E-state index >= 15 is 0 Å². The molecule has 2 aromatic carbocycles. The first-order chi connectivity index (χ1) is 11.7. The fraction of sp³-hybridized carbons (Fsp3) is 0.316. The maximum Gasteiger partial charge on any atom is 0.319 e. The molecule has 0 saturated heterocycles. The minimum absolute atomic E-state index is 0.223. The number of benzene rings is 2. The predicted octanol–water partition coefficient (Wildman–Crippen LogP) is 3.27. The molecule has 0 unspecified atom stereocenters. The molecule has 5 heteroatoms. The average Bonchev–Trinajstić information content (AvgIpc) is 3.04. The van der Waals surface area contributed by atoms with Gasteiger partial charge >= 0.3 is 6.03 Å². The zero-order valence-electron chi connectivity index (χ0n) is 14.1. The lowest BCUT2D eigenvalue weighted by atomic mass is 10.2. The first-order valence-electron chi connectivity index (χ1n) is 8.21. The van der Waals surface area contributed by atoms with Crippen LogP contribution in [-0.4, -0.2) is 32.3 Å². The summed E-state index contributed by atoms with van der Waals surface area (Å²) in [6.07, 6.45) is 1.06. The molecule has 0 bridgehead atoms. The summed E-state index contributed by atoms with van der Waals surface area (Å²) >= 11 is 0. The van der Waals surface area contributed by atoms with Crippen LogP contribution in [0.3, 0.4) is 0 Å². The van der Waals surface area contributed by atoms with Crippen molar-refractivity contribution >= 4 is 17.4 Å². The zero-order chi connectivity index (χ0) is 16.9. The van der Waals surface area contributed by atoms with Crippen LogP contribution >= 0.6 is 0 Å². The Morgan fingerprint density at radius 1 is 1.21 bits per heavy atom. The zero-order valence-corrected chi connectivity index (χ0v) is 14.1. The Labute approximate surface area is 142 Å². The summed E-state index contributed by atoms with van der Waals surface area (Å²) in [4.78, 5) is 14.5. The van der Waals surface area contributed by atoms with Crippen molar-refractivity contribution in [2.24, 2.45) is 0 Å². The summed E-state index contributed by atoms with van der Waals surface area (Å²) in [5, 5.41) is 5.78. The van der Waals surface area contributed by atoms with E-state index in [1.54, 1.807) is 7.11 Å². The van der Waals surface area contributed by atoms with Gasteiger partial charge in [-0.1, -0.05) is 30.3 Å². The molecular weight excluding hydrogens is 302 g/mol. The smallest absolute Gasteiger partial charge is 0.319 e. The van der Waals surface area contributed by atoms with Crippen LogP contribution in [0.4, 0.5) is 16.2 Å². The number of rotatable bonds is 5. The van der Waals surface area contributed by atoms with Gasteiger partial charge in [0, 0.05) is 24.8 Å². The van der Waals surface area contributed by atoms with Crippen LogP contribution in [0.2, 0.25) is 0 Å². The highest BCUT2D eigenvalue weighted by Gasteiger charge is 2.23. The van der Waals surface area contributed by atoms with Gasteiger partial charge in [0.25, 0.3) is 0 Å². The van der Waals surface area contributed by atoms with E-state index in [0.29, 0.717) is 18.0 Å². The summed E-state index contributed by atoms with van der Waals surface area (Å²) in [7, 11) is 1.59. The molecule has 1 aliphatic rings. The predicted molar refractivity (Wildman–Crippen MR) is 97.0 cm³/mol. The highest BCUT2D eigenvalue weighted by molar-refractivity contribution is 5.90. The average molecular weight is 325 g/mol. The molecule has 0 saturated carbocycles. The summed E-state index contributed by atoms with van der Waals surface area (Å²) < 4.78 is 5.24. The maximum absolute atomic E-state index is 12.1. The second-order valence-electron chi connectivity index (χ2n) is 5.96. The number of nitrogens with one attached hydrogen (secondary N) is 2. The van der Waals surface area contributed by atoms with Gasteiger partial charge in [-0.05, 0) is 37.1 Å². The number of ether oxygens (including phenoxy) is 1. The SMILES string of the molecule is COc1ccccc1NC(=O)NC[C@@H](C)N1CCc2ccccc21. The van der Waals surface area contributed by atoms with Crippen molar-refractivity contribution in [2.45, 2.75) is 19.4 Å². The van der Waals surface area contributed by atoms with Crippen LogP contribution in [-0.2, 0) is 6.42 Å². The second kappa shape index (κ2) is 7.25. The van der Waals surface area contributed by atoms with E-state index in [1.807, 2.05) is 24.3 Å². The van der Waals surface area contributed by atoms with Gasteiger partial charge in [0.15, 0.2) is 0 Å². The van der Waals surface area contributed by atoms with E-state index in [0.717, 1.165) is 13.0 Å². The van der Waals surface area contributed by atoms with Gasteiger partial charge < -0.3 is 20.3 Å². The van der Waals surface area contributed by atoms with Gasteiger partial charge in [0.05, 0.1) is 12.8 Å².